The SMILES string of the molecule is N#Cc1ccc(N2CCNC(CN)C2)cc1. The maximum absolute atomic E-state index is 8.73. The van der Waals surface area contributed by atoms with Gasteiger partial charge in [-0.15, -0.1) is 0 Å². The molecule has 1 atom stereocenters. The summed E-state index contributed by atoms with van der Waals surface area (Å²) in [5, 5.41) is 12.1. The van der Waals surface area contributed by atoms with Crippen molar-refractivity contribution in [2.75, 3.05) is 31.1 Å². The second-order valence-corrected chi connectivity index (χ2v) is 3.99. The van der Waals surface area contributed by atoms with Gasteiger partial charge in [0.25, 0.3) is 0 Å². The number of hydrogen-bond acceptors (Lipinski definition) is 4. The summed E-state index contributed by atoms with van der Waals surface area (Å²) in [5.41, 5.74) is 7.53. The third-order valence-corrected chi connectivity index (χ3v) is 2.90. The summed E-state index contributed by atoms with van der Waals surface area (Å²) in [4.78, 5) is 2.30. The Hall–Kier alpha value is -1.57. The molecule has 84 valence electrons. The Morgan fingerprint density at radius 3 is 2.81 bits per heavy atom. The molecule has 4 heteroatoms. The highest BCUT2D eigenvalue weighted by atomic mass is 15.2. The van der Waals surface area contributed by atoms with Gasteiger partial charge in [-0.05, 0) is 24.3 Å². The van der Waals surface area contributed by atoms with Gasteiger partial charge in [-0.2, -0.15) is 5.26 Å². The average molecular weight is 216 g/mol. The second-order valence-electron chi connectivity index (χ2n) is 3.99. The molecule has 1 aliphatic rings. The number of rotatable bonds is 2. The standard InChI is InChI=1S/C12H16N4/c13-7-10-1-3-12(4-2-10)16-6-5-15-11(8-14)9-16/h1-4,11,15H,5-6,8-9,14H2. The zero-order valence-electron chi connectivity index (χ0n) is 9.19. The van der Waals surface area contributed by atoms with Crippen molar-refractivity contribution in [2.24, 2.45) is 5.73 Å². The van der Waals surface area contributed by atoms with Gasteiger partial charge in [-0.25, -0.2) is 0 Å². The van der Waals surface area contributed by atoms with Gasteiger partial charge in [-0.3, -0.25) is 0 Å². The van der Waals surface area contributed by atoms with E-state index in [2.05, 4.69) is 16.3 Å². The zero-order chi connectivity index (χ0) is 11.4. The Labute approximate surface area is 95.7 Å². The monoisotopic (exact) mass is 216 g/mol. The molecule has 3 N–H and O–H groups in total. The van der Waals surface area contributed by atoms with Crippen LogP contribution in [0, 0.1) is 11.3 Å². The highest BCUT2D eigenvalue weighted by Gasteiger charge is 2.17. The minimum Gasteiger partial charge on any atom is -0.369 e. The molecule has 16 heavy (non-hydrogen) atoms. The Balaban J connectivity index is 2.08. The van der Waals surface area contributed by atoms with E-state index in [0.29, 0.717) is 18.2 Å². The summed E-state index contributed by atoms with van der Waals surface area (Å²) in [7, 11) is 0. The first kappa shape index (κ1) is 10.9. The van der Waals surface area contributed by atoms with Gasteiger partial charge >= 0.3 is 0 Å². The molecule has 1 aliphatic heterocycles. The van der Waals surface area contributed by atoms with Crippen LogP contribution in [0.4, 0.5) is 5.69 Å². The lowest BCUT2D eigenvalue weighted by molar-refractivity contribution is 0.463. The van der Waals surface area contributed by atoms with Gasteiger partial charge in [0.15, 0.2) is 0 Å². The maximum Gasteiger partial charge on any atom is 0.0991 e. The molecule has 0 aromatic heterocycles. The molecule has 0 spiro atoms. The first-order chi connectivity index (χ1) is 7.83. The zero-order valence-corrected chi connectivity index (χ0v) is 9.19. The number of nitriles is 1. The predicted molar refractivity (Wildman–Crippen MR) is 64.2 cm³/mol. The van der Waals surface area contributed by atoms with Gasteiger partial charge in [0.2, 0.25) is 0 Å². The lowest BCUT2D eigenvalue weighted by Crippen LogP contribution is -2.53. The fourth-order valence-electron chi connectivity index (χ4n) is 1.96. The molecule has 1 aromatic carbocycles. The van der Waals surface area contributed by atoms with Crippen LogP contribution in [0.2, 0.25) is 0 Å². The predicted octanol–water partition coefficient (Wildman–Crippen LogP) is 0.295. The molecule has 0 aliphatic carbocycles. The maximum atomic E-state index is 8.73. The highest BCUT2D eigenvalue weighted by Crippen LogP contribution is 2.16. The van der Waals surface area contributed by atoms with Crippen LogP contribution in [0.1, 0.15) is 5.56 Å². The Morgan fingerprint density at radius 1 is 1.44 bits per heavy atom. The lowest BCUT2D eigenvalue weighted by Gasteiger charge is -2.34. The van der Waals surface area contributed by atoms with Crippen LogP contribution in [0.3, 0.4) is 0 Å². The van der Waals surface area contributed by atoms with Gasteiger partial charge in [0, 0.05) is 37.9 Å². The summed E-state index contributed by atoms with van der Waals surface area (Å²) in [6, 6.07) is 10.2. The molecule has 0 amide bonds. The van der Waals surface area contributed by atoms with E-state index >= 15 is 0 Å². The molecule has 0 saturated carbocycles. The molecule has 1 unspecified atom stereocenters. The van der Waals surface area contributed by atoms with Crippen molar-refractivity contribution in [1.82, 2.24) is 5.32 Å². The van der Waals surface area contributed by atoms with Crippen LogP contribution in [0.15, 0.2) is 24.3 Å². The third kappa shape index (κ3) is 2.32. The minimum absolute atomic E-state index is 0.365. The van der Waals surface area contributed by atoms with Crippen LogP contribution >= 0.6 is 0 Å². The second kappa shape index (κ2) is 4.97. The van der Waals surface area contributed by atoms with E-state index in [4.69, 9.17) is 11.0 Å². The van der Waals surface area contributed by atoms with E-state index in [9.17, 15) is 0 Å². The first-order valence-electron chi connectivity index (χ1n) is 5.52. The van der Waals surface area contributed by atoms with Crippen LogP contribution < -0.4 is 16.0 Å². The van der Waals surface area contributed by atoms with Gasteiger partial charge < -0.3 is 16.0 Å². The highest BCUT2D eigenvalue weighted by molar-refractivity contribution is 5.50. The van der Waals surface area contributed by atoms with Crippen LogP contribution in [-0.4, -0.2) is 32.2 Å². The van der Waals surface area contributed by atoms with E-state index in [1.807, 2.05) is 24.3 Å². The van der Waals surface area contributed by atoms with Crippen molar-refractivity contribution in [3.8, 4) is 6.07 Å². The van der Waals surface area contributed by atoms with Crippen molar-refractivity contribution in [3.63, 3.8) is 0 Å². The van der Waals surface area contributed by atoms with Crippen molar-refractivity contribution in [1.29, 1.82) is 5.26 Å². The summed E-state index contributed by atoms with van der Waals surface area (Å²) in [5.74, 6) is 0. The topological polar surface area (TPSA) is 65.1 Å². The number of anilines is 1. The Kier molecular flexibility index (Phi) is 3.40. The van der Waals surface area contributed by atoms with E-state index in [0.717, 1.165) is 19.6 Å². The molecule has 1 aromatic rings. The third-order valence-electron chi connectivity index (χ3n) is 2.90. The van der Waals surface area contributed by atoms with Crippen LogP contribution in [0.5, 0.6) is 0 Å². The van der Waals surface area contributed by atoms with E-state index in [1.165, 1.54) is 5.69 Å². The number of piperazine rings is 1. The van der Waals surface area contributed by atoms with Gasteiger partial charge in [-0.1, -0.05) is 0 Å². The summed E-state index contributed by atoms with van der Waals surface area (Å²) in [6.45, 7) is 3.54. The van der Waals surface area contributed by atoms with E-state index in [1.54, 1.807) is 0 Å². The Morgan fingerprint density at radius 2 is 2.19 bits per heavy atom. The van der Waals surface area contributed by atoms with Crippen LogP contribution in [0.25, 0.3) is 0 Å². The molecule has 2 rings (SSSR count). The fraction of sp³-hybridized carbons (Fsp3) is 0.417. The summed E-state index contributed by atoms with van der Waals surface area (Å²) < 4.78 is 0. The molecule has 1 saturated heterocycles. The largest absolute Gasteiger partial charge is 0.369 e. The molecule has 1 fully saturated rings. The molecular weight excluding hydrogens is 200 g/mol. The molecule has 0 radical (unpaired) electrons. The normalized spacial score (nSPS) is 20.5. The van der Waals surface area contributed by atoms with Crippen molar-refractivity contribution in [2.45, 2.75) is 6.04 Å². The van der Waals surface area contributed by atoms with Crippen molar-refractivity contribution < 1.29 is 0 Å². The average Bonchev–Trinajstić information content (AvgIpc) is 2.39. The number of hydrogen-bond donors (Lipinski definition) is 2. The minimum atomic E-state index is 0.365. The molecule has 0 bridgehead atoms. The number of benzene rings is 1. The van der Waals surface area contributed by atoms with Gasteiger partial charge in [0.05, 0.1) is 11.6 Å². The van der Waals surface area contributed by atoms with Crippen molar-refractivity contribution >= 4 is 5.69 Å². The number of nitrogens with two attached hydrogens (primary N) is 1. The number of nitrogens with zero attached hydrogens (tertiary/aromatic N) is 2. The smallest absolute Gasteiger partial charge is 0.0991 e. The van der Waals surface area contributed by atoms with E-state index in [-0.39, 0.29) is 0 Å². The Bertz CT molecular complexity index is 379. The van der Waals surface area contributed by atoms with Crippen molar-refractivity contribution in [3.05, 3.63) is 29.8 Å². The summed E-state index contributed by atoms with van der Waals surface area (Å²) in [6.07, 6.45) is 0. The van der Waals surface area contributed by atoms with E-state index < -0.39 is 0 Å². The summed E-state index contributed by atoms with van der Waals surface area (Å²) >= 11 is 0. The molecular formula is C12H16N4. The fourth-order valence-corrected chi connectivity index (χ4v) is 1.96. The molecule has 1 heterocycles. The van der Waals surface area contributed by atoms with Gasteiger partial charge in [0.1, 0.15) is 0 Å². The molecule has 4 nitrogen and oxygen atoms in total. The lowest BCUT2D eigenvalue weighted by atomic mass is 10.1. The van der Waals surface area contributed by atoms with Crippen LogP contribution in [-0.2, 0) is 0 Å². The number of nitrogens with one attached hydrogen (secondary N) is 1. The quantitative estimate of drug-likeness (QED) is 0.746. The first-order valence-corrected chi connectivity index (χ1v) is 5.52.